The summed E-state index contributed by atoms with van der Waals surface area (Å²) in [4.78, 5) is 27.7. The summed E-state index contributed by atoms with van der Waals surface area (Å²) >= 11 is 0. The number of piperidine rings is 1. The molecule has 0 spiro atoms. The Kier molecular flexibility index (Phi) is 10.5. The van der Waals surface area contributed by atoms with Crippen molar-refractivity contribution in [1.29, 1.82) is 0 Å². The van der Waals surface area contributed by atoms with Crippen molar-refractivity contribution in [2.75, 3.05) is 44.3 Å². The van der Waals surface area contributed by atoms with Crippen molar-refractivity contribution in [3.8, 4) is 0 Å². The minimum absolute atomic E-state index is 0.719. The van der Waals surface area contributed by atoms with Gasteiger partial charge in [-0.1, -0.05) is 18.2 Å². The van der Waals surface area contributed by atoms with Gasteiger partial charge < -0.3 is 19.8 Å². The summed E-state index contributed by atoms with van der Waals surface area (Å²) in [5.41, 5.74) is 2.43. The molecule has 0 atom stereocenters. The lowest BCUT2D eigenvalue weighted by atomic mass is 10.0. The number of carboxylic acids is 2. The number of carbonyl (C=O) groups is 2. The Balaban J connectivity index is 0.000000286. The van der Waals surface area contributed by atoms with E-state index in [1.807, 2.05) is 0 Å². The fourth-order valence-electron chi connectivity index (χ4n) is 3.90. The maximum absolute atomic E-state index is 10.6. The molecule has 0 unspecified atom stereocenters. The van der Waals surface area contributed by atoms with Crippen LogP contribution in [-0.4, -0.2) is 89.8 Å². The van der Waals surface area contributed by atoms with Gasteiger partial charge in [0.05, 0.1) is 18.7 Å². The molecule has 2 saturated heterocycles. The fraction of sp³-hybridized carbons (Fsp3) is 0.522. The van der Waals surface area contributed by atoms with Gasteiger partial charge in [-0.15, -0.1) is 0 Å². The number of aryl methyl sites for hydroxylation is 1. The average Bonchev–Trinajstić information content (AvgIpc) is 2.84. The van der Waals surface area contributed by atoms with Crippen molar-refractivity contribution in [1.82, 2.24) is 9.88 Å². The summed E-state index contributed by atoms with van der Waals surface area (Å²) in [6.07, 6.45) is -7.71. The second kappa shape index (κ2) is 12.9. The lowest BCUT2D eigenvalue weighted by molar-refractivity contribution is -0.193. The molecule has 2 aromatic rings. The first-order chi connectivity index (χ1) is 17.2. The molecule has 1 aromatic heterocycles. The Labute approximate surface area is 208 Å². The van der Waals surface area contributed by atoms with E-state index >= 15 is 0 Å². The van der Waals surface area contributed by atoms with Crippen molar-refractivity contribution in [2.45, 2.75) is 38.2 Å². The van der Waals surface area contributed by atoms with Crippen molar-refractivity contribution >= 4 is 28.7 Å². The number of pyridine rings is 1. The molecule has 0 bridgehead atoms. The van der Waals surface area contributed by atoms with Crippen LogP contribution >= 0.6 is 0 Å². The molecule has 0 saturated carbocycles. The van der Waals surface area contributed by atoms with E-state index in [0.29, 0.717) is 0 Å². The van der Waals surface area contributed by atoms with E-state index in [1.165, 1.54) is 23.8 Å². The SMILES string of the molecule is Cc1cc(N2CCC(N3CCOCC3)CC2)nc2ccccc12.O=C(O)C(F)(F)F.O=C(O)C(F)(F)F. The molecule has 37 heavy (non-hydrogen) atoms. The number of alkyl halides is 6. The van der Waals surface area contributed by atoms with Gasteiger partial charge in [-0.05, 0) is 37.5 Å². The molecule has 1 aromatic carbocycles. The average molecular weight is 539 g/mol. The van der Waals surface area contributed by atoms with E-state index in [2.05, 4.69) is 47.1 Å². The van der Waals surface area contributed by atoms with Crippen LogP contribution in [0.2, 0.25) is 0 Å². The third-order valence-corrected chi connectivity index (χ3v) is 5.75. The van der Waals surface area contributed by atoms with E-state index in [4.69, 9.17) is 29.5 Å². The number of carboxylic acid groups (broad SMARTS) is 2. The third-order valence-electron chi connectivity index (χ3n) is 5.75. The molecule has 2 fully saturated rings. The van der Waals surface area contributed by atoms with Gasteiger partial charge in [-0.25, -0.2) is 14.6 Å². The Hall–Kier alpha value is -3.13. The number of hydrogen-bond acceptors (Lipinski definition) is 6. The Morgan fingerprint density at radius 2 is 1.41 bits per heavy atom. The number of nitrogens with zero attached hydrogens (tertiary/aromatic N) is 3. The number of halogens is 6. The highest BCUT2D eigenvalue weighted by Crippen LogP contribution is 2.26. The predicted octanol–water partition coefficient (Wildman–Crippen LogP) is 4.11. The normalized spacial score (nSPS) is 17.3. The van der Waals surface area contributed by atoms with Crippen LogP contribution in [0.4, 0.5) is 32.2 Å². The molecule has 14 heteroatoms. The fourth-order valence-corrected chi connectivity index (χ4v) is 3.90. The molecule has 206 valence electrons. The Morgan fingerprint density at radius 1 is 0.919 bits per heavy atom. The van der Waals surface area contributed by atoms with Gasteiger partial charge in [0.2, 0.25) is 0 Å². The maximum Gasteiger partial charge on any atom is 0.490 e. The quantitative estimate of drug-likeness (QED) is 0.550. The number of ether oxygens (including phenoxy) is 1. The van der Waals surface area contributed by atoms with Crippen LogP contribution in [0.5, 0.6) is 0 Å². The van der Waals surface area contributed by atoms with E-state index in [9.17, 15) is 26.3 Å². The standard InChI is InChI=1S/C19H25N3O.2C2HF3O2/c1-15-14-19(20-18-5-3-2-4-17(15)18)22-8-6-16(7-9-22)21-10-12-23-13-11-21;2*3-2(4,5)1(6)7/h2-5,14,16H,6-13H2,1H3;2*(H,6,7). The number of hydrogen-bond donors (Lipinski definition) is 2. The monoisotopic (exact) mass is 539 g/mol. The van der Waals surface area contributed by atoms with E-state index in [-0.39, 0.29) is 0 Å². The van der Waals surface area contributed by atoms with Crippen molar-refractivity contribution < 1.29 is 50.9 Å². The van der Waals surface area contributed by atoms with Crippen LogP contribution in [-0.2, 0) is 14.3 Å². The first-order valence-corrected chi connectivity index (χ1v) is 11.2. The molecule has 4 rings (SSSR count). The summed E-state index contributed by atoms with van der Waals surface area (Å²) in [7, 11) is 0. The van der Waals surface area contributed by atoms with Gasteiger partial charge in [0.15, 0.2) is 0 Å². The highest BCUT2D eigenvalue weighted by molar-refractivity contribution is 5.83. The molecule has 2 aliphatic rings. The summed E-state index contributed by atoms with van der Waals surface area (Å²) < 4.78 is 68.9. The van der Waals surface area contributed by atoms with Crippen LogP contribution in [0.1, 0.15) is 18.4 Å². The van der Waals surface area contributed by atoms with Crippen LogP contribution in [0.3, 0.4) is 0 Å². The zero-order valence-corrected chi connectivity index (χ0v) is 19.8. The maximum atomic E-state index is 10.6. The van der Waals surface area contributed by atoms with Gasteiger partial charge in [0.25, 0.3) is 0 Å². The molecule has 8 nitrogen and oxygen atoms in total. The second-order valence-corrected chi connectivity index (χ2v) is 8.29. The van der Waals surface area contributed by atoms with E-state index < -0.39 is 24.3 Å². The van der Waals surface area contributed by atoms with Gasteiger partial charge in [-0.3, -0.25) is 4.90 Å². The first-order valence-electron chi connectivity index (χ1n) is 11.2. The minimum Gasteiger partial charge on any atom is -0.475 e. The van der Waals surface area contributed by atoms with Crippen LogP contribution in [0, 0.1) is 6.92 Å². The minimum atomic E-state index is -5.08. The highest BCUT2D eigenvalue weighted by atomic mass is 19.4. The molecular formula is C23H27F6N3O5. The number of fused-ring (bicyclic) bond motifs is 1. The third kappa shape index (κ3) is 9.35. The van der Waals surface area contributed by atoms with Gasteiger partial charge >= 0.3 is 24.3 Å². The van der Waals surface area contributed by atoms with Crippen LogP contribution in [0.25, 0.3) is 10.9 Å². The lowest BCUT2D eigenvalue weighted by Crippen LogP contribution is -2.49. The molecule has 0 aliphatic carbocycles. The van der Waals surface area contributed by atoms with E-state index in [1.54, 1.807) is 0 Å². The molecular weight excluding hydrogens is 512 g/mol. The number of para-hydroxylation sites is 1. The Morgan fingerprint density at radius 3 is 1.89 bits per heavy atom. The summed E-state index contributed by atoms with van der Waals surface area (Å²) in [6, 6.07) is 11.4. The number of aliphatic carboxylic acids is 2. The molecule has 0 amide bonds. The highest BCUT2D eigenvalue weighted by Gasteiger charge is 2.38. The van der Waals surface area contributed by atoms with Crippen molar-refractivity contribution in [2.24, 2.45) is 0 Å². The lowest BCUT2D eigenvalue weighted by Gasteiger charge is -2.40. The summed E-state index contributed by atoms with van der Waals surface area (Å²) in [5.74, 6) is -4.37. The summed E-state index contributed by atoms with van der Waals surface area (Å²) in [5, 5.41) is 15.5. The summed E-state index contributed by atoms with van der Waals surface area (Å²) in [6.45, 7) is 8.38. The largest absolute Gasteiger partial charge is 0.490 e. The van der Waals surface area contributed by atoms with Crippen LogP contribution in [0.15, 0.2) is 30.3 Å². The van der Waals surface area contributed by atoms with Gasteiger partial charge in [-0.2, -0.15) is 26.3 Å². The topological polar surface area (TPSA) is 103 Å². The molecule has 0 radical (unpaired) electrons. The zero-order chi connectivity index (χ0) is 27.8. The number of benzene rings is 1. The zero-order valence-electron chi connectivity index (χ0n) is 19.8. The van der Waals surface area contributed by atoms with Crippen molar-refractivity contribution in [3.63, 3.8) is 0 Å². The number of aromatic nitrogens is 1. The first kappa shape index (κ1) is 30.1. The second-order valence-electron chi connectivity index (χ2n) is 8.29. The molecule has 2 N–H and O–H groups in total. The van der Waals surface area contributed by atoms with E-state index in [0.717, 1.165) is 56.8 Å². The van der Waals surface area contributed by atoms with Gasteiger partial charge in [0, 0.05) is 37.6 Å². The smallest absolute Gasteiger partial charge is 0.475 e. The number of anilines is 1. The number of rotatable bonds is 2. The molecule has 3 heterocycles. The molecule has 2 aliphatic heterocycles. The van der Waals surface area contributed by atoms with Crippen LogP contribution < -0.4 is 4.90 Å². The van der Waals surface area contributed by atoms with Crippen molar-refractivity contribution in [3.05, 3.63) is 35.9 Å². The Bertz CT molecular complexity index is 1030. The van der Waals surface area contributed by atoms with Gasteiger partial charge in [0.1, 0.15) is 5.82 Å². The number of morpholine rings is 1. The predicted molar refractivity (Wildman–Crippen MR) is 121 cm³/mol.